The summed E-state index contributed by atoms with van der Waals surface area (Å²) >= 11 is 0. The number of nitrogens with one attached hydrogen (secondary N) is 2. The van der Waals surface area contributed by atoms with Crippen molar-refractivity contribution in [3.63, 3.8) is 0 Å². The molecule has 6 heteroatoms. The normalized spacial score (nSPS) is 20.6. The molecule has 2 aromatic rings. The number of carbonyl (C=O) groups excluding carboxylic acids is 2. The van der Waals surface area contributed by atoms with Gasteiger partial charge in [-0.2, -0.15) is 0 Å². The van der Waals surface area contributed by atoms with E-state index in [4.69, 9.17) is 0 Å². The zero-order valence-electron chi connectivity index (χ0n) is 20.7. The van der Waals surface area contributed by atoms with Gasteiger partial charge in [0.25, 0.3) is 0 Å². The van der Waals surface area contributed by atoms with E-state index in [1.165, 1.54) is 5.69 Å². The molecule has 0 spiro atoms. The molecule has 0 aliphatic carbocycles. The second-order valence-corrected chi connectivity index (χ2v) is 9.42. The van der Waals surface area contributed by atoms with E-state index in [1.54, 1.807) is 6.08 Å². The fourth-order valence-corrected chi connectivity index (χ4v) is 5.20. The summed E-state index contributed by atoms with van der Waals surface area (Å²) < 4.78 is 0. The van der Waals surface area contributed by atoms with Crippen molar-refractivity contribution < 1.29 is 9.59 Å². The standard InChI is InChI=1S/C28H36N4O2/c1-5-21(6-2)28(34)29-22-11-12-25(19(3)17-22)32-16-15-31(18-20(32)4)26-13-14-27(33)30-24-10-8-7-9-23(24)26/h7-14,17,20-21,26H,5-6,15-16,18H2,1-4H3,(H,29,34)(H,30,33). The molecule has 0 aromatic heterocycles. The highest BCUT2D eigenvalue weighted by Crippen LogP contribution is 2.34. The Kier molecular flexibility index (Phi) is 7.37. The van der Waals surface area contributed by atoms with E-state index in [0.29, 0.717) is 6.04 Å². The number of amides is 2. The first-order chi connectivity index (χ1) is 16.4. The summed E-state index contributed by atoms with van der Waals surface area (Å²) in [4.78, 5) is 29.5. The molecule has 2 amide bonds. The van der Waals surface area contributed by atoms with Crippen molar-refractivity contribution in [2.45, 2.75) is 52.6 Å². The van der Waals surface area contributed by atoms with Crippen LogP contribution in [0.4, 0.5) is 17.1 Å². The van der Waals surface area contributed by atoms with Crippen LogP contribution in [-0.2, 0) is 9.59 Å². The highest BCUT2D eigenvalue weighted by Gasteiger charge is 2.31. The van der Waals surface area contributed by atoms with Crippen molar-refractivity contribution in [2.24, 2.45) is 5.92 Å². The minimum Gasteiger partial charge on any atom is -0.366 e. The number of nitrogens with zero attached hydrogens (tertiary/aromatic N) is 2. The fourth-order valence-electron chi connectivity index (χ4n) is 5.20. The van der Waals surface area contributed by atoms with E-state index in [1.807, 2.05) is 30.3 Å². The largest absolute Gasteiger partial charge is 0.366 e. The number of hydrogen-bond donors (Lipinski definition) is 2. The molecule has 2 aliphatic heterocycles. The van der Waals surface area contributed by atoms with Gasteiger partial charge >= 0.3 is 0 Å². The highest BCUT2D eigenvalue weighted by molar-refractivity contribution is 6.00. The lowest BCUT2D eigenvalue weighted by molar-refractivity contribution is -0.120. The third-order valence-corrected chi connectivity index (χ3v) is 7.15. The van der Waals surface area contributed by atoms with Crippen LogP contribution in [0.1, 0.15) is 50.8 Å². The zero-order chi connectivity index (χ0) is 24.2. The van der Waals surface area contributed by atoms with Crippen molar-refractivity contribution in [1.82, 2.24) is 4.90 Å². The summed E-state index contributed by atoms with van der Waals surface area (Å²) in [6.07, 6.45) is 5.38. The van der Waals surface area contributed by atoms with E-state index < -0.39 is 0 Å². The van der Waals surface area contributed by atoms with Crippen LogP contribution in [0.3, 0.4) is 0 Å². The van der Waals surface area contributed by atoms with E-state index in [2.05, 4.69) is 66.3 Å². The number of aryl methyl sites for hydroxylation is 1. The first-order valence-electron chi connectivity index (χ1n) is 12.4. The number of carbonyl (C=O) groups is 2. The molecular weight excluding hydrogens is 424 g/mol. The Balaban J connectivity index is 1.47. The third-order valence-electron chi connectivity index (χ3n) is 7.15. The molecule has 180 valence electrons. The van der Waals surface area contributed by atoms with E-state index in [-0.39, 0.29) is 23.8 Å². The van der Waals surface area contributed by atoms with Crippen molar-refractivity contribution in [2.75, 3.05) is 35.2 Å². The van der Waals surface area contributed by atoms with Crippen LogP contribution in [-0.4, -0.2) is 42.4 Å². The second kappa shape index (κ2) is 10.4. The summed E-state index contributed by atoms with van der Waals surface area (Å²) in [5, 5.41) is 6.07. The molecule has 2 aromatic carbocycles. The van der Waals surface area contributed by atoms with Gasteiger partial charge in [0, 0.05) is 54.7 Å². The van der Waals surface area contributed by atoms with Crippen LogP contribution in [0.5, 0.6) is 0 Å². The summed E-state index contributed by atoms with van der Waals surface area (Å²) in [6, 6.07) is 14.7. The van der Waals surface area contributed by atoms with Crippen LogP contribution in [0.15, 0.2) is 54.6 Å². The van der Waals surface area contributed by atoms with E-state index in [9.17, 15) is 9.59 Å². The van der Waals surface area contributed by atoms with E-state index in [0.717, 1.165) is 55.0 Å². The molecule has 2 unspecified atom stereocenters. The van der Waals surface area contributed by atoms with Gasteiger partial charge in [-0.1, -0.05) is 38.1 Å². The monoisotopic (exact) mass is 460 g/mol. The predicted molar refractivity (Wildman–Crippen MR) is 139 cm³/mol. The molecule has 2 aliphatic rings. The summed E-state index contributed by atoms with van der Waals surface area (Å²) in [7, 11) is 0. The number of rotatable bonds is 6. The fraction of sp³-hybridized carbons (Fsp3) is 0.429. The van der Waals surface area contributed by atoms with Gasteiger partial charge in [-0.3, -0.25) is 14.5 Å². The predicted octanol–water partition coefficient (Wildman–Crippen LogP) is 5.13. The second-order valence-electron chi connectivity index (χ2n) is 9.42. The number of hydrogen-bond acceptors (Lipinski definition) is 4. The maximum absolute atomic E-state index is 12.5. The Morgan fingerprint density at radius 1 is 1.15 bits per heavy atom. The van der Waals surface area contributed by atoms with Crippen molar-refractivity contribution in [1.29, 1.82) is 0 Å². The van der Waals surface area contributed by atoms with Crippen LogP contribution >= 0.6 is 0 Å². The number of anilines is 3. The average Bonchev–Trinajstić information content (AvgIpc) is 2.98. The van der Waals surface area contributed by atoms with Crippen molar-refractivity contribution in [3.05, 3.63) is 65.7 Å². The van der Waals surface area contributed by atoms with Gasteiger partial charge in [-0.25, -0.2) is 0 Å². The Hall–Kier alpha value is -3.12. The molecule has 0 bridgehead atoms. The number of para-hydroxylation sites is 1. The molecule has 1 fully saturated rings. The quantitative estimate of drug-likeness (QED) is 0.627. The average molecular weight is 461 g/mol. The maximum Gasteiger partial charge on any atom is 0.248 e. The molecule has 0 saturated carbocycles. The van der Waals surface area contributed by atoms with Gasteiger partial charge in [-0.15, -0.1) is 0 Å². The summed E-state index contributed by atoms with van der Waals surface area (Å²) in [5.74, 6) is 0.0826. The lowest BCUT2D eigenvalue weighted by Gasteiger charge is -2.44. The minimum atomic E-state index is -0.0753. The van der Waals surface area contributed by atoms with E-state index >= 15 is 0 Å². The molecule has 0 radical (unpaired) electrons. The van der Waals surface area contributed by atoms with Gasteiger partial charge < -0.3 is 15.5 Å². The molecule has 2 heterocycles. The number of fused-ring (bicyclic) bond motifs is 1. The van der Waals surface area contributed by atoms with Crippen molar-refractivity contribution in [3.8, 4) is 0 Å². The zero-order valence-corrected chi connectivity index (χ0v) is 20.7. The minimum absolute atomic E-state index is 0.0572. The lowest BCUT2D eigenvalue weighted by atomic mass is 10.00. The SMILES string of the molecule is CCC(CC)C(=O)Nc1ccc(N2CCN(C3C=CC(=O)Nc4ccccc43)CC2C)c(C)c1. The first-order valence-corrected chi connectivity index (χ1v) is 12.4. The van der Waals surface area contributed by atoms with Crippen LogP contribution < -0.4 is 15.5 Å². The third kappa shape index (κ3) is 5.02. The van der Waals surface area contributed by atoms with Gasteiger partial charge in [-0.05, 0) is 62.1 Å². The topological polar surface area (TPSA) is 64.7 Å². The molecule has 6 nitrogen and oxygen atoms in total. The van der Waals surface area contributed by atoms with Gasteiger partial charge in [0.1, 0.15) is 0 Å². The first kappa shape index (κ1) is 24.0. The van der Waals surface area contributed by atoms with Gasteiger partial charge in [0.15, 0.2) is 0 Å². The smallest absolute Gasteiger partial charge is 0.248 e. The van der Waals surface area contributed by atoms with Crippen molar-refractivity contribution >= 4 is 28.9 Å². The summed E-state index contributed by atoms with van der Waals surface area (Å²) in [6.45, 7) is 11.2. The maximum atomic E-state index is 12.5. The van der Waals surface area contributed by atoms with Crippen LogP contribution in [0, 0.1) is 12.8 Å². The number of piperazine rings is 1. The molecule has 1 saturated heterocycles. The molecule has 2 atom stereocenters. The lowest BCUT2D eigenvalue weighted by Crippen LogP contribution is -2.52. The molecular formula is C28H36N4O2. The van der Waals surface area contributed by atoms with Gasteiger partial charge in [0.2, 0.25) is 11.8 Å². The Labute approximate surface area is 203 Å². The molecule has 4 rings (SSSR count). The Morgan fingerprint density at radius 2 is 1.91 bits per heavy atom. The molecule has 34 heavy (non-hydrogen) atoms. The Morgan fingerprint density at radius 3 is 2.62 bits per heavy atom. The Bertz CT molecular complexity index is 1080. The van der Waals surface area contributed by atoms with Crippen LogP contribution in [0.2, 0.25) is 0 Å². The van der Waals surface area contributed by atoms with Gasteiger partial charge in [0.05, 0.1) is 6.04 Å². The highest BCUT2D eigenvalue weighted by atomic mass is 16.2. The summed E-state index contributed by atoms with van der Waals surface area (Å²) in [5.41, 5.74) is 5.26. The number of benzene rings is 2. The molecule has 2 N–H and O–H groups in total. The van der Waals surface area contributed by atoms with Crippen LogP contribution in [0.25, 0.3) is 0 Å².